The molecule has 2 aromatic rings. The monoisotopic (exact) mass is 627 g/mol. The van der Waals surface area contributed by atoms with Crippen LogP contribution in [0.2, 0.25) is 0 Å². The van der Waals surface area contributed by atoms with Crippen molar-refractivity contribution in [1.29, 1.82) is 0 Å². The minimum absolute atomic E-state index is 0.0493. The third-order valence-electron chi connectivity index (χ3n) is 9.96. The largest absolute Gasteiger partial charge is 0.493 e. The van der Waals surface area contributed by atoms with Gasteiger partial charge in [0, 0.05) is 30.5 Å². The second kappa shape index (κ2) is 15.5. The molecule has 9 heteroatoms. The van der Waals surface area contributed by atoms with E-state index in [0.29, 0.717) is 18.0 Å². The molecule has 0 spiro atoms. The van der Waals surface area contributed by atoms with E-state index in [1.807, 2.05) is 39.0 Å². The van der Waals surface area contributed by atoms with E-state index in [2.05, 4.69) is 49.3 Å². The highest BCUT2D eigenvalue weighted by atomic mass is 16.5. The van der Waals surface area contributed by atoms with Gasteiger partial charge >= 0.3 is 0 Å². The van der Waals surface area contributed by atoms with Crippen molar-refractivity contribution in [2.24, 2.45) is 5.92 Å². The number of likely N-dealkylation sites (N-methyl/N-ethyl adjacent to an activating group) is 1. The van der Waals surface area contributed by atoms with Gasteiger partial charge in [0.15, 0.2) is 23.0 Å². The Hall–Kier alpha value is -3.01. The summed E-state index contributed by atoms with van der Waals surface area (Å²) in [7, 11) is 8.75. The van der Waals surface area contributed by atoms with Crippen LogP contribution in [0.5, 0.6) is 23.0 Å². The molecule has 1 aliphatic heterocycles. The quantitative estimate of drug-likeness (QED) is 0.218. The molecule has 2 atom stereocenters. The Morgan fingerprint density at radius 3 is 2.09 bits per heavy atom. The molecular formula is C36H57N3O6. The van der Waals surface area contributed by atoms with Crippen molar-refractivity contribution in [3.05, 3.63) is 47.5 Å². The molecule has 0 saturated carbocycles. The number of hydroxylamine groups is 2. The SMILES string of the molecule is COc1ccc(CCN(C)CCCC(CNC(=O)CC2(C)CCC(C)(C)N2O)(c2ccc(OC)c(OC)c2)C(C)C)cc1OC. The number of ether oxygens (including phenoxy) is 4. The fourth-order valence-electron chi connectivity index (χ4n) is 6.78. The number of hydrogen-bond donors (Lipinski definition) is 2. The average molecular weight is 628 g/mol. The Balaban J connectivity index is 1.75. The van der Waals surface area contributed by atoms with Crippen molar-refractivity contribution in [1.82, 2.24) is 15.3 Å². The van der Waals surface area contributed by atoms with Crippen LogP contribution in [0.3, 0.4) is 0 Å². The minimum atomic E-state index is -0.589. The number of carbonyl (C=O) groups is 1. The van der Waals surface area contributed by atoms with Gasteiger partial charge in [-0.2, -0.15) is 5.06 Å². The van der Waals surface area contributed by atoms with Gasteiger partial charge in [0.1, 0.15) is 0 Å². The molecule has 45 heavy (non-hydrogen) atoms. The van der Waals surface area contributed by atoms with E-state index < -0.39 is 5.54 Å². The lowest BCUT2D eigenvalue weighted by Gasteiger charge is -2.40. The highest BCUT2D eigenvalue weighted by Crippen LogP contribution is 2.42. The summed E-state index contributed by atoms with van der Waals surface area (Å²) in [5.74, 6) is 3.01. The van der Waals surface area contributed by atoms with Gasteiger partial charge in [0.25, 0.3) is 0 Å². The normalized spacial score (nSPS) is 19.4. The summed E-state index contributed by atoms with van der Waals surface area (Å²) in [6.45, 7) is 12.8. The molecule has 252 valence electrons. The lowest BCUT2D eigenvalue weighted by Crippen LogP contribution is -2.51. The molecule has 2 aromatic carbocycles. The summed E-state index contributed by atoms with van der Waals surface area (Å²) >= 11 is 0. The first-order valence-corrected chi connectivity index (χ1v) is 16.1. The summed E-state index contributed by atoms with van der Waals surface area (Å²) in [6, 6.07) is 12.2. The predicted octanol–water partition coefficient (Wildman–Crippen LogP) is 6.10. The van der Waals surface area contributed by atoms with Crippen LogP contribution < -0.4 is 24.3 Å². The van der Waals surface area contributed by atoms with Crippen LogP contribution in [0.1, 0.15) is 77.8 Å². The number of rotatable bonds is 17. The van der Waals surface area contributed by atoms with Crippen LogP contribution in [0.4, 0.5) is 0 Å². The fraction of sp³-hybridized carbons (Fsp3) is 0.639. The zero-order valence-electron chi connectivity index (χ0n) is 29.3. The van der Waals surface area contributed by atoms with E-state index in [1.165, 1.54) is 10.6 Å². The number of nitrogens with zero attached hydrogens (tertiary/aromatic N) is 2. The highest BCUT2D eigenvalue weighted by molar-refractivity contribution is 5.77. The Labute approximate surface area is 271 Å². The van der Waals surface area contributed by atoms with Gasteiger partial charge in [-0.15, -0.1) is 0 Å². The van der Waals surface area contributed by atoms with E-state index in [9.17, 15) is 10.0 Å². The molecular weight excluding hydrogens is 570 g/mol. The summed E-state index contributed by atoms with van der Waals surface area (Å²) < 4.78 is 22.1. The first-order valence-electron chi connectivity index (χ1n) is 16.1. The maximum Gasteiger partial charge on any atom is 0.221 e. The Morgan fingerprint density at radius 1 is 0.933 bits per heavy atom. The lowest BCUT2D eigenvalue weighted by atomic mass is 9.68. The third kappa shape index (κ3) is 8.63. The van der Waals surface area contributed by atoms with Crippen molar-refractivity contribution in [2.75, 3.05) is 55.1 Å². The van der Waals surface area contributed by atoms with E-state index in [0.717, 1.165) is 62.3 Å². The predicted molar refractivity (Wildman–Crippen MR) is 179 cm³/mol. The van der Waals surface area contributed by atoms with E-state index in [1.54, 1.807) is 28.4 Å². The molecule has 2 N–H and O–H groups in total. The van der Waals surface area contributed by atoms with Gasteiger partial charge in [-0.1, -0.05) is 26.0 Å². The molecule has 0 aliphatic carbocycles. The Bertz CT molecular complexity index is 1270. The van der Waals surface area contributed by atoms with Gasteiger partial charge in [0.05, 0.1) is 34.0 Å². The third-order valence-corrected chi connectivity index (χ3v) is 9.96. The van der Waals surface area contributed by atoms with Gasteiger partial charge in [0.2, 0.25) is 5.91 Å². The smallest absolute Gasteiger partial charge is 0.221 e. The molecule has 1 saturated heterocycles. The second-order valence-electron chi connectivity index (χ2n) is 13.8. The topological polar surface area (TPSA) is 92.7 Å². The van der Waals surface area contributed by atoms with Crippen molar-refractivity contribution in [2.45, 2.75) is 89.6 Å². The fourth-order valence-corrected chi connectivity index (χ4v) is 6.78. The number of nitrogens with one attached hydrogen (secondary N) is 1. The molecule has 3 rings (SSSR count). The molecule has 1 aliphatic rings. The zero-order valence-corrected chi connectivity index (χ0v) is 29.3. The van der Waals surface area contributed by atoms with Gasteiger partial charge < -0.3 is 34.4 Å². The number of amides is 1. The van der Waals surface area contributed by atoms with Crippen molar-refractivity contribution >= 4 is 5.91 Å². The van der Waals surface area contributed by atoms with Crippen molar-refractivity contribution < 1.29 is 28.9 Å². The van der Waals surface area contributed by atoms with Gasteiger partial charge in [-0.05, 0) is 108 Å². The van der Waals surface area contributed by atoms with Crippen LogP contribution in [-0.4, -0.2) is 87.3 Å². The second-order valence-corrected chi connectivity index (χ2v) is 13.8. The molecule has 1 fully saturated rings. The van der Waals surface area contributed by atoms with Crippen LogP contribution in [0, 0.1) is 5.92 Å². The molecule has 9 nitrogen and oxygen atoms in total. The average Bonchev–Trinajstić information content (AvgIpc) is 3.23. The lowest BCUT2D eigenvalue weighted by molar-refractivity contribution is -0.199. The van der Waals surface area contributed by atoms with Crippen molar-refractivity contribution in [3.63, 3.8) is 0 Å². The summed E-state index contributed by atoms with van der Waals surface area (Å²) in [4.78, 5) is 15.8. The van der Waals surface area contributed by atoms with Crippen LogP contribution in [0.25, 0.3) is 0 Å². The molecule has 0 bridgehead atoms. The maximum absolute atomic E-state index is 13.5. The van der Waals surface area contributed by atoms with Gasteiger partial charge in [-0.25, -0.2) is 0 Å². The van der Waals surface area contributed by atoms with Gasteiger partial charge in [-0.3, -0.25) is 4.79 Å². The number of carbonyl (C=O) groups excluding carboxylic acids is 1. The first kappa shape index (κ1) is 36.5. The summed E-state index contributed by atoms with van der Waals surface area (Å²) in [5.41, 5.74) is 1.04. The van der Waals surface area contributed by atoms with E-state index >= 15 is 0 Å². The number of methoxy groups -OCH3 is 4. The Kier molecular flexibility index (Phi) is 12.6. The van der Waals surface area contributed by atoms with Crippen molar-refractivity contribution in [3.8, 4) is 23.0 Å². The maximum atomic E-state index is 13.5. The minimum Gasteiger partial charge on any atom is -0.493 e. The molecule has 0 aromatic heterocycles. The van der Waals surface area contributed by atoms with Crippen LogP contribution in [-0.2, 0) is 16.6 Å². The molecule has 0 radical (unpaired) electrons. The van der Waals surface area contributed by atoms with E-state index in [4.69, 9.17) is 18.9 Å². The van der Waals surface area contributed by atoms with Crippen LogP contribution in [0.15, 0.2) is 36.4 Å². The molecule has 2 unspecified atom stereocenters. The Morgan fingerprint density at radius 2 is 1.53 bits per heavy atom. The first-order chi connectivity index (χ1) is 21.2. The highest BCUT2D eigenvalue weighted by Gasteiger charge is 2.48. The van der Waals surface area contributed by atoms with Crippen LogP contribution >= 0.6 is 0 Å². The number of benzene rings is 2. The molecule has 1 heterocycles. The molecule has 1 amide bonds. The number of hydrogen-bond acceptors (Lipinski definition) is 8. The zero-order chi connectivity index (χ0) is 33.4. The van der Waals surface area contributed by atoms with E-state index in [-0.39, 0.29) is 29.2 Å². The standard InChI is InChI=1S/C36H57N3O6/c1-26(2)36(28-13-15-30(43-8)32(23-28)45-10,25-37-33(40)24-35(5)19-18-34(3,4)39(35)41)17-11-20-38(6)21-16-27-12-14-29(42-7)31(22-27)44-9/h12-15,22-23,26,41H,11,16-21,24-25H2,1-10H3,(H,37,40). The summed E-state index contributed by atoms with van der Waals surface area (Å²) in [6.07, 6.45) is 4.57. The summed E-state index contributed by atoms with van der Waals surface area (Å²) in [5, 5.41) is 15.6.